The summed E-state index contributed by atoms with van der Waals surface area (Å²) in [5.74, 6) is -0.922. The zero-order chi connectivity index (χ0) is 29.1. The molecule has 3 aromatic rings. The summed E-state index contributed by atoms with van der Waals surface area (Å²) in [7, 11) is 0. The lowest BCUT2D eigenvalue weighted by molar-refractivity contribution is -0.116. The standard InChI is InChI=1S/C30H31ClF2N4O5/c31-22-11-20(1-2-23(22)32)36-30-21-9-19(27(12-25(21)34-17-35-30)42-16-18-4-6-39-15-18)10-26(38)24(33)3-5-37-13-28-29(14-37)41-8-7-40-28/h1-3,9,11-12,17-18,28-29H,4-8,10,13-16H2,(H,34,35,36)/b24-3+/t18-,28-,29-/m0/s1. The van der Waals surface area contributed by atoms with E-state index in [1.54, 1.807) is 12.1 Å². The van der Waals surface area contributed by atoms with E-state index in [4.69, 9.17) is 30.5 Å². The largest absolute Gasteiger partial charge is 0.493 e. The van der Waals surface area contributed by atoms with Crippen molar-refractivity contribution in [1.82, 2.24) is 14.9 Å². The number of likely N-dealkylation sites (tertiary alicyclic amines) is 1. The summed E-state index contributed by atoms with van der Waals surface area (Å²) in [5, 5.41) is 3.68. The van der Waals surface area contributed by atoms with Crippen LogP contribution >= 0.6 is 11.6 Å². The van der Waals surface area contributed by atoms with Crippen LogP contribution in [0.5, 0.6) is 5.75 Å². The fourth-order valence-electron chi connectivity index (χ4n) is 5.40. The highest BCUT2D eigenvalue weighted by Gasteiger charge is 2.36. The summed E-state index contributed by atoms with van der Waals surface area (Å²) in [5.41, 5.74) is 1.58. The van der Waals surface area contributed by atoms with Gasteiger partial charge in [0.25, 0.3) is 0 Å². The number of anilines is 2. The number of aromatic nitrogens is 2. The number of carbonyl (C=O) groups is 1. The van der Waals surface area contributed by atoms with Crippen molar-refractivity contribution in [1.29, 1.82) is 0 Å². The second-order valence-corrected chi connectivity index (χ2v) is 11.1. The number of nitrogens with zero attached hydrogens (tertiary/aromatic N) is 3. The monoisotopic (exact) mass is 600 g/mol. The molecule has 42 heavy (non-hydrogen) atoms. The Bertz CT molecular complexity index is 1470. The molecule has 0 unspecified atom stereocenters. The van der Waals surface area contributed by atoms with Crippen LogP contribution in [0.4, 0.5) is 20.3 Å². The molecule has 0 bridgehead atoms. The van der Waals surface area contributed by atoms with Gasteiger partial charge < -0.3 is 24.3 Å². The number of rotatable bonds is 10. The minimum atomic E-state index is -0.814. The molecule has 9 nitrogen and oxygen atoms in total. The third-order valence-corrected chi connectivity index (χ3v) is 7.97. The van der Waals surface area contributed by atoms with Crippen molar-refractivity contribution >= 4 is 39.8 Å². The normalized spacial score (nSPS) is 22.8. The molecule has 0 amide bonds. The van der Waals surface area contributed by atoms with Crippen LogP contribution in [0, 0.1) is 11.7 Å². The van der Waals surface area contributed by atoms with Crippen LogP contribution < -0.4 is 10.1 Å². The van der Waals surface area contributed by atoms with Crippen molar-refractivity contribution in [3.8, 4) is 5.75 Å². The van der Waals surface area contributed by atoms with E-state index in [-0.39, 0.29) is 36.1 Å². The zero-order valence-corrected chi connectivity index (χ0v) is 23.6. The van der Waals surface area contributed by atoms with Crippen molar-refractivity contribution in [2.45, 2.75) is 25.0 Å². The fourth-order valence-corrected chi connectivity index (χ4v) is 5.58. The molecule has 0 radical (unpaired) electrons. The van der Waals surface area contributed by atoms with Crippen LogP contribution in [0.2, 0.25) is 5.02 Å². The van der Waals surface area contributed by atoms with Gasteiger partial charge in [0, 0.05) is 61.3 Å². The average molecular weight is 601 g/mol. The number of halogens is 3. The van der Waals surface area contributed by atoms with Crippen molar-refractivity contribution in [2.75, 3.05) is 58.0 Å². The molecule has 4 heterocycles. The molecule has 6 rings (SSSR count). The van der Waals surface area contributed by atoms with Gasteiger partial charge >= 0.3 is 0 Å². The van der Waals surface area contributed by atoms with E-state index in [0.717, 1.165) is 6.42 Å². The molecule has 2 aromatic carbocycles. The van der Waals surface area contributed by atoms with E-state index in [1.807, 2.05) is 4.90 Å². The van der Waals surface area contributed by atoms with Gasteiger partial charge in [-0.05, 0) is 36.8 Å². The third kappa shape index (κ3) is 6.71. The minimum absolute atomic E-state index is 0.0237. The summed E-state index contributed by atoms with van der Waals surface area (Å²) >= 11 is 5.95. The van der Waals surface area contributed by atoms with E-state index >= 15 is 4.39 Å². The number of Topliss-reactive ketones (excluding diaryl/α,β-unsaturated/α-hetero) is 1. The van der Waals surface area contributed by atoms with Crippen LogP contribution in [0.3, 0.4) is 0 Å². The topological polar surface area (TPSA) is 95.0 Å². The Labute approximate surface area is 246 Å². The Hall–Kier alpha value is -3.22. The first kappa shape index (κ1) is 28.9. The lowest BCUT2D eigenvalue weighted by Crippen LogP contribution is -2.36. The molecule has 0 saturated carbocycles. The molecule has 0 aliphatic carbocycles. The van der Waals surface area contributed by atoms with E-state index < -0.39 is 17.4 Å². The van der Waals surface area contributed by atoms with Gasteiger partial charge in [0.15, 0.2) is 11.6 Å². The lowest BCUT2D eigenvalue weighted by atomic mass is 10.0. The number of ketones is 1. The van der Waals surface area contributed by atoms with E-state index in [9.17, 15) is 9.18 Å². The number of allylic oxidation sites excluding steroid dienone is 1. The summed E-state index contributed by atoms with van der Waals surface area (Å²) in [6.45, 7) is 4.34. The quantitative estimate of drug-likeness (QED) is 0.334. The number of nitrogens with one attached hydrogen (secondary N) is 1. The zero-order valence-electron chi connectivity index (χ0n) is 22.9. The smallest absolute Gasteiger partial charge is 0.195 e. The number of ether oxygens (including phenoxy) is 4. The number of benzene rings is 2. The number of fused-ring (bicyclic) bond motifs is 2. The first-order valence-corrected chi connectivity index (χ1v) is 14.4. The Morgan fingerprint density at radius 2 is 1.95 bits per heavy atom. The molecule has 3 saturated heterocycles. The van der Waals surface area contributed by atoms with Crippen LogP contribution in [0.15, 0.2) is 48.6 Å². The van der Waals surface area contributed by atoms with E-state index in [0.29, 0.717) is 79.8 Å². The van der Waals surface area contributed by atoms with Crippen LogP contribution in [-0.2, 0) is 25.4 Å². The molecule has 3 fully saturated rings. The van der Waals surface area contributed by atoms with Gasteiger partial charge in [-0.15, -0.1) is 0 Å². The Morgan fingerprint density at radius 1 is 1.14 bits per heavy atom. The van der Waals surface area contributed by atoms with Gasteiger partial charge in [-0.25, -0.2) is 18.7 Å². The second kappa shape index (κ2) is 13.0. The van der Waals surface area contributed by atoms with Crippen LogP contribution in [0.25, 0.3) is 10.9 Å². The Kier molecular flexibility index (Phi) is 8.92. The molecular formula is C30H31ClF2N4O5. The number of hydrogen-bond donors (Lipinski definition) is 1. The summed E-state index contributed by atoms with van der Waals surface area (Å²) < 4.78 is 51.8. The molecule has 1 aromatic heterocycles. The van der Waals surface area contributed by atoms with Crippen molar-refractivity contribution in [2.24, 2.45) is 5.92 Å². The maximum Gasteiger partial charge on any atom is 0.195 e. The summed E-state index contributed by atoms with van der Waals surface area (Å²) in [4.78, 5) is 23.8. The first-order chi connectivity index (χ1) is 20.4. The van der Waals surface area contributed by atoms with Gasteiger partial charge in [-0.2, -0.15) is 0 Å². The third-order valence-electron chi connectivity index (χ3n) is 7.68. The minimum Gasteiger partial charge on any atom is -0.493 e. The van der Waals surface area contributed by atoms with Crippen molar-refractivity contribution < 1.29 is 32.5 Å². The molecule has 12 heteroatoms. The number of carbonyl (C=O) groups excluding carboxylic acids is 1. The molecular weight excluding hydrogens is 570 g/mol. The molecule has 1 N–H and O–H groups in total. The van der Waals surface area contributed by atoms with Crippen molar-refractivity contribution in [3.63, 3.8) is 0 Å². The predicted molar refractivity (Wildman–Crippen MR) is 152 cm³/mol. The summed E-state index contributed by atoms with van der Waals surface area (Å²) in [6.07, 6.45) is 3.31. The highest BCUT2D eigenvalue weighted by Crippen LogP contribution is 2.32. The van der Waals surface area contributed by atoms with E-state index in [2.05, 4.69) is 15.3 Å². The molecule has 0 spiro atoms. The number of hydrogen-bond acceptors (Lipinski definition) is 9. The van der Waals surface area contributed by atoms with Gasteiger partial charge in [-0.1, -0.05) is 11.6 Å². The Morgan fingerprint density at radius 3 is 2.69 bits per heavy atom. The maximum absolute atomic E-state index is 15.1. The predicted octanol–water partition coefficient (Wildman–Crippen LogP) is 4.65. The highest BCUT2D eigenvalue weighted by atomic mass is 35.5. The molecule has 3 aliphatic heterocycles. The van der Waals surface area contributed by atoms with Crippen LogP contribution in [-0.4, -0.2) is 85.5 Å². The molecule has 222 valence electrons. The lowest BCUT2D eigenvalue weighted by Gasteiger charge is -2.24. The highest BCUT2D eigenvalue weighted by molar-refractivity contribution is 6.31. The molecule has 3 atom stereocenters. The first-order valence-electron chi connectivity index (χ1n) is 14.0. The average Bonchev–Trinajstić information content (AvgIpc) is 3.67. The SMILES string of the molecule is O=C(Cc1cc2c(Nc3ccc(F)c(Cl)c3)ncnc2cc1OC[C@H]1CCOC1)/C(F)=C\CN1C[C@@H]2OCCO[C@H]2C1. The van der Waals surface area contributed by atoms with Gasteiger partial charge in [0.2, 0.25) is 0 Å². The molecule has 3 aliphatic rings. The van der Waals surface area contributed by atoms with Gasteiger partial charge in [0.1, 0.15) is 23.7 Å². The fraction of sp³-hybridized carbons (Fsp3) is 0.433. The second-order valence-electron chi connectivity index (χ2n) is 10.7. The van der Waals surface area contributed by atoms with Gasteiger partial charge in [0.05, 0.1) is 49.2 Å². The summed E-state index contributed by atoms with van der Waals surface area (Å²) in [6, 6.07) is 7.70. The maximum atomic E-state index is 15.1. The van der Waals surface area contributed by atoms with E-state index in [1.165, 1.54) is 30.6 Å². The van der Waals surface area contributed by atoms with Crippen LogP contribution in [0.1, 0.15) is 12.0 Å². The Balaban J connectivity index is 1.23. The van der Waals surface area contributed by atoms with Gasteiger partial charge in [-0.3, -0.25) is 9.69 Å². The van der Waals surface area contributed by atoms with Crippen molar-refractivity contribution in [3.05, 3.63) is 65.0 Å².